The Kier molecular flexibility index (Phi) is 4.76. The van der Waals surface area contributed by atoms with Gasteiger partial charge in [0.1, 0.15) is 11.9 Å². The van der Waals surface area contributed by atoms with Gasteiger partial charge >= 0.3 is 5.97 Å². The lowest BCUT2D eigenvalue weighted by Gasteiger charge is -2.38. The number of hydrogen-bond donors (Lipinski definition) is 2. The number of halogens is 2. The van der Waals surface area contributed by atoms with Crippen LogP contribution < -0.4 is 4.90 Å². The number of carboxylic acid groups (broad SMARTS) is 1. The summed E-state index contributed by atoms with van der Waals surface area (Å²) in [6.07, 6.45) is 1.76. The van der Waals surface area contributed by atoms with Crippen molar-refractivity contribution in [2.45, 2.75) is 6.04 Å². The van der Waals surface area contributed by atoms with E-state index in [1.807, 2.05) is 11.0 Å². The van der Waals surface area contributed by atoms with Crippen LogP contribution in [-0.4, -0.2) is 47.1 Å². The maximum Gasteiger partial charge on any atom is 0.325 e. The number of rotatable bonds is 4. The minimum atomic E-state index is -0.883. The van der Waals surface area contributed by atoms with E-state index in [4.69, 9.17) is 11.6 Å². The molecule has 1 fully saturated rings. The van der Waals surface area contributed by atoms with E-state index in [2.05, 4.69) is 9.88 Å². The Morgan fingerprint density at radius 1 is 1.11 bits per heavy atom. The number of carbonyl (C=O) groups is 1. The van der Waals surface area contributed by atoms with Crippen LogP contribution in [0, 0.1) is 5.82 Å². The molecule has 7 heteroatoms. The molecule has 2 aromatic carbocycles. The first kappa shape index (κ1) is 17.8. The Morgan fingerprint density at radius 3 is 2.48 bits per heavy atom. The van der Waals surface area contributed by atoms with E-state index in [9.17, 15) is 14.3 Å². The number of anilines is 1. The highest BCUT2D eigenvalue weighted by molar-refractivity contribution is 6.31. The number of aromatic nitrogens is 1. The molecule has 0 aliphatic carbocycles. The van der Waals surface area contributed by atoms with E-state index in [1.54, 1.807) is 30.5 Å². The average molecular weight is 388 g/mol. The van der Waals surface area contributed by atoms with Gasteiger partial charge in [-0.25, -0.2) is 4.39 Å². The number of piperazine rings is 1. The lowest BCUT2D eigenvalue weighted by molar-refractivity contribution is -0.143. The van der Waals surface area contributed by atoms with Crippen LogP contribution in [0.25, 0.3) is 10.9 Å². The highest BCUT2D eigenvalue weighted by Gasteiger charge is 2.32. The lowest BCUT2D eigenvalue weighted by atomic mass is 10.0. The quantitative estimate of drug-likeness (QED) is 0.712. The minimum Gasteiger partial charge on any atom is -0.480 e. The average Bonchev–Trinajstić information content (AvgIpc) is 3.06. The second-order valence-corrected chi connectivity index (χ2v) is 7.11. The van der Waals surface area contributed by atoms with Crippen molar-refractivity contribution in [1.29, 1.82) is 0 Å². The lowest BCUT2D eigenvalue weighted by Crippen LogP contribution is -2.49. The van der Waals surface area contributed by atoms with Crippen molar-refractivity contribution in [2.75, 3.05) is 31.1 Å². The second kappa shape index (κ2) is 7.21. The number of hydrogen-bond acceptors (Lipinski definition) is 3. The third kappa shape index (κ3) is 3.50. The van der Waals surface area contributed by atoms with Crippen molar-refractivity contribution < 1.29 is 14.3 Å². The number of carboxylic acids is 1. The van der Waals surface area contributed by atoms with E-state index in [0.29, 0.717) is 31.2 Å². The molecule has 0 bridgehead atoms. The Balaban J connectivity index is 1.56. The van der Waals surface area contributed by atoms with E-state index < -0.39 is 12.0 Å². The fourth-order valence-corrected chi connectivity index (χ4v) is 3.89. The van der Waals surface area contributed by atoms with E-state index >= 15 is 0 Å². The third-order valence-electron chi connectivity index (χ3n) is 5.08. The van der Waals surface area contributed by atoms with Gasteiger partial charge in [-0.2, -0.15) is 0 Å². The fourth-order valence-electron chi connectivity index (χ4n) is 3.72. The SMILES string of the molecule is O=C(O)C(c1c[nH]c2ccc(Cl)cc12)N1CCN(c2ccc(F)cc2)CC1. The molecule has 0 saturated carbocycles. The predicted octanol–water partition coefficient (Wildman–Crippen LogP) is 3.91. The van der Waals surface area contributed by atoms with Gasteiger partial charge in [0.25, 0.3) is 0 Å². The summed E-state index contributed by atoms with van der Waals surface area (Å²) in [6, 6.07) is 11.1. The van der Waals surface area contributed by atoms with Gasteiger partial charge < -0.3 is 15.0 Å². The van der Waals surface area contributed by atoms with Gasteiger partial charge in [-0.05, 0) is 42.5 Å². The van der Waals surface area contributed by atoms with Crippen molar-refractivity contribution in [3.63, 3.8) is 0 Å². The molecule has 1 unspecified atom stereocenters. The minimum absolute atomic E-state index is 0.263. The molecule has 0 amide bonds. The summed E-state index contributed by atoms with van der Waals surface area (Å²) in [5, 5.41) is 11.3. The maximum absolute atomic E-state index is 13.1. The zero-order chi connectivity index (χ0) is 19.0. The van der Waals surface area contributed by atoms with Crippen molar-refractivity contribution in [3.8, 4) is 0 Å². The number of benzene rings is 2. The predicted molar refractivity (Wildman–Crippen MR) is 104 cm³/mol. The van der Waals surface area contributed by atoms with E-state index in [1.165, 1.54) is 12.1 Å². The Morgan fingerprint density at radius 2 is 1.81 bits per heavy atom. The number of H-pyrrole nitrogens is 1. The maximum atomic E-state index is 13.1. The van der Waals surface area contributed by atoms with Crippen molar-refractivity contribution in [1.82, 2.24) is 9.88 Å². The standard InChI is InChI=1S/C20H19ClFN3O2/c21-13-1-6-18-16(11-13)17(12-23-18)19(20(26)27)25-9-7-24(8-10-25)15-4-2-14(22)3-5-15/h1-6,11-12,19,23H,7-10H2,(H,26,27). The van der Waals surface area contributed by atoms with Gasteiger partial charge in [0, 0.05) is 59.6 Å². The van der Waals surface area contributed by atoms with E-state index in [-0.39, 0.29) is 5.82 Å². The van der Waals surface area contributed by atoms with Gasteiger partial charge in [-0.3, -0.25) is 9.69 Å². The first-order valence-corrected chi connectivity index (χ1v) is 9.14. The molecule has 2 heterocycles. The molecular formula is C20H19ClFN3O2. The summed E-state index contributed by atoms with van der Waals surface area (Å²) in [7, 11) is 0. The number of fused-ring (bicyclic) bond motifs is 1. The monoisotopic (exact) mass is 387 g/mol. The summed E-state index contributed by atoms with van der Waals surface area (Å²) in [5.74, 6) is -1.15. The molecule has 0 radical (unpaired) electrons. The van der Waals surface area contributed by atoms with Crippen molar-refractivity contribution in [2.24, 2.45) is 0 Å². The van der Waals surface area contributed by atoms with Gasteiger partial charge in [-0.15, -0.1) is 0 Å². The highest BCUT2D eigenvalue weighted by atomic mass is 35.5. The van der Waals surface area contributed by atoms with Crippen molar-refractivity contribution >= 4 is 34.2 Å². The van der Waals surface area contributed by atoms with Crippen LogP contribution >= 0.6 is 11.6 Å². The summed E-state index contributed by atoms with van der Waals surface area (Å²) in [4.78, 5) is 19.3. The number of nitrogens with one attached hydrogen (secondary N) is 1. The number of nitrogens with zero attached hydrogens (tertiary/aromatic N) is 2. The molecule has 2 N–H and O–H groups in total. The van der Waals surface area contributed by atoms with Crippen molar-refractivity contribution in [3.05, 3.63) is 65.1 Å². The molecule has 0 spiro atoms. The highest BCUT2D eigenvalue weighted by Crippen LogP contribution is 2.31. The summed E-state index contributed by atoms with van der Waals surface area (Å²) in [5.41, 5.74) is 2.53. The zero-order valence-electron chi connectivity index (χ0n) is 14.5. The largest absolute Gasteiger partial charge is 0.480 e. The molecule has 1 aliphatic heterocycles. The molecule has 1 saturated heterocycles. The van der Waals surface area contributed by atoms with Crippen LogP contribution in [0.2, 0.25) is 5.02 Å². The van der Waals surface area contributed by atoms with Gasteiger partial charge in [0.15, 0.2) is 0 Å². The Labute approximate surface area is 161 Å². The molecular weight excluding hydrogens is 369 g/mol. The molecule has 5 nitrogen and oxygen atoms in total. The normalized spacial score (nSPS) is 16.6. The molecule has 4 rings (SSSR count). The molecule has 1 aromatic heterocycles. The fraction of sp³-hybridized carbons (Fsp3) is 0.250. The molecule has 3 aromatic rings. The molecule has 1 atom stereocenters. The smallest absolute Gasteiger partial charge is 0.325 e. The zero-order valence-corrected chi connectivity index (χ0v) is 15.3. The van der Waals surface area contributed by atoms with Crippen LogP contribution in [-0.2, 0) is 4.79 Å². The Bertz CT molecular complexity index is 965. The van der Waals surface area contributed by atoms with E-state index in [0.717, 1.165) is 22.2 Å². The third-order valence-corrected chi connectivity index (χ3v) is 5.31. The molecule has 27 heavy (non-hydrogen) atoms. The number of aromatic amines is 1. The summed E-state index contributed by atoms with van der Waals surface area (Å²) < 4.78 is 13.1. The van der Waals surface area contributed by atoms with Crippen LogP contribution in [0.1, 0.15) is 11.6 Å². The summed E-state index contributed by atoms with van der Waals surface area (Å²) >= 11 is 6.11. The topological polar surface area (TPSA) is 59.6 Å². The van der Waals surface area contributed by atoms with Crippen LogP contribution in [0.3, 0.4) is 0 Å². The first-order chi connectivity index (χ1) is 13.0. The van der Waals surface area contributed by atoms with Crippen LogP contribution in [0.15, 0.2) is 48.7 Å². The second-order valence-electron chi connectivity index (χ2n) is 6.67. The van der Waals surface area contributed by atoms with Gasteiger partial charge in [0.2, 0.25) is 0 Å². The number of aliphatic carboxylic acids is 1. The first-order valence-electron chi connectivity index (χ1n) is 8.77. The summed E-state index contributed by atoms with van der Waals surface area (Å²) in [6.45, 7) is 2.56. The van der Waals surface area contributed by atoms with Gasteiger partial charge in [0.05, 0.1) is 0 Å². The van der Waals surface area contributed by atoms with Crippen LogP contribution in [0.4, 0.5) is 10.1 Å². The van der Waals surface area contributed by atoms with Crippen LogP contribution in [0.5, 0.6) is 0 Å². The van der Waals surface area contributed by atoms with Gasteiger partial charge in [-0.1, -0.05) is 11.6 Å². The molecule has 140 valence electrons. The Hall–Kier alpha value is -2.57. The molecule has 1 aliphatic rings.